The summed E-state index contributed by atoms with van der Waals surface area (Å²) in [6.45, 7) is 14.4. The van der Waals surface area contributed by atoms with Gasteiger partial charge in [-0.25, -0.2) is 0 Å². The molecule has 202 valence electrons. The van der Waals surface area contributed by atoms with E-state index >= 15 is 0 Å². The molecule has 0 aliphatic heterocycles. The monoisotopic (exact) mass is 548 g/mol. The van der Waals surface area contributed by atoms with Crippen LogP contribution in [0.15, 0.2) is 97.1 Å². The number of hydrogen-bond acceptors (Lipinski definition) is 2. The van der Waals surface area contributed by atoms with Crippen molar-refractivity contribution >= 4 is 23.2 Å². The second-order valence-corrected chi connectivity index (χ2v) is 10.2. The van der Waals surface area contributed by atoms with E-state index in [-0.39, 0.29) is 0 Å². The molecule has 2 nitrogen and oxygen atoms in total. The van der Waals surface area contributed by atoms with Gasteiger partial charge in [0.2, 0.25) is 0 Å². The maximum Gasteiger partial charge on any atom is 0.0484 e. The third-order valence-corrected chi connectivity index (χ3v) is 6.34. The van der Waals surface area contributed by atoms with Gasteiger partial charge in [-0.15, -0.1) is 0 Å². The summed E-state index contributed by atoms with van der Waals surface area (Å²) in [4.78, 5) is 0. The summed E-state index contributed by atoms with van der Waals surface area (Å²) in [5, 5.41) is 8.48. The van der Waals surface area contributed by atoms with Crippen molar-refractivity contribution in [3.63, 3.8) is 0 Å². The zero-order valence-electron chi connectivity index (χ0n) is 23.6. The van der Waals surface area contributed by atoms with Crippen molar-refractivity contribution in [3.8, 4) is 22.3 Å². The minimum absolute atomic E-state index is 0.476. The van der Waals surface area contributed by atoms with Crippen molar-refractivity contribution in [2.75, 3.05) is 0 Å². The van der Waals surface area contributed by atoms with Crippen molar-refractivity contribution in [1.82, 2.24) is 10.6 Å². The Hall–Kier alpha value is -2.62. The van der Waals surface area contributed by atoms with Crippen LogP contribution in [-0.2, 0) is 13.1 Å². The molecule has 0 bridgehead atoms. The van der Waals surface area contributed by atoms with Gasteiger partial charge in [0.15, 0.2) is 0 Å². The first kappa shape index (κ1) is 31.6. The Morgan fingerprint density at radius 2 is 0.947 bits per heavy atom. The molecule has 0 amide bonds. The van der Waals surface area contributed by atoms with Crippen molar-refractivity contribution in [2.24, 2.45) is 0 Å². The largest absolute Gasteiger partial charge is 0.310 e. The zero-order valence-corrected chi connectivity index (χ0v) is 25.1. The lowest BCUT2D eigenvalue weighted by Crippen LogP contribution is -2.22. The van der Waals surface area contributed by atoms with Gasteiger partial charge < -0.3 is 10.6 Å². The third-order valence-electron chi connectivity index (χ3n) is 5.76. The molecule has 0 aliphatic carbocycles. The lowest BCUT2D eigenvalue weighted by atomic mass is 9.99. The Kier molecular flexibility index (Phi) is 14.2. The molecule has 38 heavy (non-hydrogen) atoms. The predicted molar refractivity (Wildman–Crippen MR) is 169 cm³/mol. The van der Waals surface area contributed by atoms with Gasteiger partial charge in [-0.3, -0.25) is 0 Å². The van der Waals surface area contributed by atoms with Crippen molar-refractivity contribution in [3.05, 3.63) is 118 Å². The summed E-state index contributed by atoms with van der Waals surface area (Å²) in [5.74, 6) is 0. The highest BCUT2D eigenvalue weighted by Gasteiger charge is 2.08. The highest BCUT2D eigenvalue weighted by molar-refractivity contribution is 6.33. The summed E-state index contributed by atoms with van der Waals surface area (Å²) in [7, 11) is 0. The van der Waals surface area contributed by atoms with Gasteiger partial charge >= 0.3 is 0 Å². The zero-order chi connectivity index (χ0) is 27.9. The Morgan fingerprint density at radius 3 is 1.45 bits per heavy atom. The van der Waals surface area contributed by atoms with Gasteiger partial charge in [0, 0.05) is 40.8 Å². The lowest BCUT2D eigenvalue weighted by Gasteiger charge is -2.13. The molecule has 0 atom stereocenters. The Balaban J connectivity index is 0.000000251. The number of benzene rings is 4. The molecule has 4 heteroatoms. The van der Waals surface area contributed by atoms with Gasteiger partial charge in [-0.05, 0) is 46.0 Å². The number of nitrogens with one attached hydrogen (secondary N) is 2. The molecule has 2 N–H and O–H groups in total. The summed E-state index contributed by atoms with van der Waals surface area (Å²) in [6, 6.07) is 33.8. The molecule has 0 aromatic heterocycles. The fourth-order valence-corrected chi connectivity index (χ4v) is 4.19. The SMILES string of the molecule is CC.CC(C)NCc1ccccc1-c1ccc(Cl)cc1.CC(C)NCc1ccccc1-c1ccccc1Cl. The van der Waals surface area contributed by atoms with Crippen LogP contribution < -0.4 is 10.6 Å². The van der Waals surface area contributed by atoms with E-state index in [9.17, 15) is 0 Å². The molecule has 0 saturated carbocycles. The normalized spacial score (nSPS) is 10.5. The van der Waals surface area contributed by atoms with Crippen LogP contribution >= 0.6 is 23.2 Å². The summed E-state index contributed by atoms with van der Waals surface area (Å²) >= 11 is 12.2. The van der Waals surface area contributed by atoms with Crippen LogP contribution in [-0.4, -0.2) is 12.1 Å². The Morgan fingerprint density at radius 1 is 0.526 bits per heavy atom. The minimum atomic E-state index is 0.476. The van der Waals surface area contributed by atoms with E-state index in [4.69, 9.17) is 23.2 Å². The fourth-order valence-electron chi connectivity index (χ4n) is 3.83. The molecule has 4 aromatic carbocycles. The van der Waals surface area contributed by atoms with Crippen LogP contribution in [0.2, 0.25) is 10.0 Å². The van der Waals surface area contributed by atoms with Crippen LogP contribution in [0.5, 0.6) is 0 Å². The highest BCUT2D eigenvalue weighted by atomic mass is 35.5. The van der Waals surface area contributed by atoms with Crippen LogP contribution in [0.4, 0.5) is 0 Å². The average Bonchev–Trinajstić information content (AvgIpc) is 2.93. The van der Waals surface area contributed by atoms with E-state index in [1.807, 2.05) is 44.2 Å². The van der Waals surface area contributed by atoms with E-state index in [2.05, 4.69) is 105 Å². The quantitative estimate of drug-likeness (QED) is 0.229. The second kappa shape index (κ2) is 17.1. The molecule has 4 aromatic rings. The fraction of sp³-hybridized carbons (Fsp3) is 0.294. The molecule has 0 heterocycles. The van der Waals surface area contributed by atoms with Crippen molar-refractivity contribution in [2.45, 2.75) is 66.7 Å². The minimum Gasteiger partial charge on any atom is -0.310 e. The smallest absolute Gasteiger partial charge is 0.0484 e. The standard InChI is InChI=1S/2C16H18ClN.C2H6/c1-12(2)18-11-13-7-3-4-8-14(13)15-9-5-6-10-16(15)17;1-12(2)18-11-14-5-3-4-6-16(14)13-7-9-15(17)10-8-13;1-2/h2*3-10,12,18H,11H2,1-2H3;1-2H3. The van der Waals surface area contributed by atoms with Gasteiger partial charge in [-0.1, -0.05) is 144 Å². The summed E-state index contributed by atoms with van der Waals surface area (Å²) < 4.78 is 0. The summed E-state index contributed by atoms with van der Waals surface area (Å²) in [6.07, 6.45) is 0. The van der Waals surface area contributed by atoms with E-state index in [1.165, 1.54) is 27.8 Å². The second-order valence-electron chi connectivity index (χ2n) is 9.37. The Bertz CT molecular complexity index is 1220. The molecule has 0 radical (unpaired) electrons. The molecule has 0 aliphatic rings. The highest BCUT2D eigenvalue weighted by Crippen LogP contribution is 2.30. The molecule has 0 spiro atoms. The molecular formula is C34H42Cl2N2. The van der Waals surface area contributed by atoms with Crippen LogP contribution in [0, 0.1) is 0 Å². The van der Waals surface area contributed by atoms with Gasteiger partial charge in [0.1, 0.15) is 0 Å². The van der Waals surface area contributed by atoms with Crippen molar-refractivity contribution in [1.29, 1.82) is 0 Å². The lowest BCUT2D eigenvalue weighted by molar-refractivity contribution is 0.589. The van der Waals surface area contributed by atoms with Crippen LogP contribution in [0.1, 0.15) is 52.7 Å². The van der Waals surface area contributed by atoms with Gasteiger partial charge in [0.05, 0.1) is 0 Å². The van der Waals surface area contributed by atoms with E-state index in [0.29, 0.717) is 12.1 Å². The number of hydrogen-bond donors (Lipinski definition) is 2. The first-order chi connectivity index (χ1) is 18.3. The molecule has 4 rings (SSSR count). The first-order valence-corrected chi connectivity index (χ1v) is 14.2. The van der Waals surface area contributed by atoms with Gasteiger partial charge in [0.25, 0.3) is 0 Å². The number of rotatable bonds is 8. The van der Waals surface area contributed by atoms with Crippen LogP contribution in [0.3, 0.4) is 0 Å². The first-order valence-electron chi connectivity index (χ1n) is 13.5. The maximum absolute atomic E-state index is 6.27. The van der Waals surface area contributed by atoms with E-state index in [1.54, 1.807) is 0 Å². The average molecular weight is 550 g/mol. The molecule has 0 fully saturated rings. The number of halogens is 2. The van der Waals surface area contributed by atoms with Gasteiger partial charge in [-0.2, -0.15) is 0 Å². The molecule has 0 unspecified atom stereocenters. The van der Waals surface area contributed by atoms with Crippen LogP contribution in [0.25, 0.3) is 22.3 Å². The predicted octanol–water partition coefficient (Wildman–Crippen LogP) is 10.0. The third kappa shape index (κ3) is 10.3. The topological polar surface area (TPSA) is 24.1 Å². The Labute approximate surface area is 240 Å². The maximum atomic E-state index is 6.27. The molecular weight excluding hydrogens is 507 g/mol. The van der Waals surface area contributed by atoms with Crippen molar-refractivity contribution < 1.29 is 0 Å². The van der Waals surface area contributed by atoms with E-state index < -0.39 is 0 Å². The molecule has 0 saturated heterocycles. The summed E-state index contributed by atoms with van der Waals surface area (Å²) in [5.41, 5.74) is 7.37. The van der Waals surface area contributed by atoms with E-state index in [0.717, 1.165) is 28.7 Å².